The average molecular weight is 417 g/mol. The van der Waals surface area contributed by atoms with E-state index in [-0.39, 0.29) is 22.8 Å². The molecule has 1 aliphatic rings. The number of nitrogens with zero attached hydrogens (tertiary/aromatic N) is 4. The van der Waals surface area contributed by atoms with Gasteiger partial charge in [-0.2, -0.15) is 4.31 Å². The van der Waals surface area contributed by atoms with E-state index in [1.807, 2.05) is 24.3 Å². The third-order valence-electron chi connectivity index (χ3n) is 5.25. The highest BCUT2D eigenvalue weighted by atomic mass is 32.2. The minimum Gasteiger partial charge on any atom is -0.497 e. The van der Waals surface area contributed by atoms with Crippen LogP contribution in [0, 0.1) is 0 Å². The van der Waals surface area contributed by atoms with Crippen LogP contribution in [0.4, 0.5) is 0 Å². The number of rotatable bonds is 5. The molecule has 3 aromatic rings. The summed E-state index contributed by atoms with van der Waals surface area (Å²) in [7, 11) is -2.12. The minimum atomic E-state index is -3.72. The Hall–Kier alpha value is -2.65. The molecular weight excluding hydrogens is 392 g/mol. The maximum atomic E-state index is 13.3. The fourth-order valence-electron chi connectivity index (χ4n) is 3.64. The lowest BCUT2D eigenvalue weighted by Gasteiger charge is -2.19. The van der Waals surface area contributed by atoms with Crippen molar-refractivity contribution < 1.29 is 13.2 Å². The molecule has 0 spiro atoms. The molecule has 1 fully saturated rings. The molecule has 1 saturated heterocycles. The van der Waals surface area contributed by atoms with Gasteiger partial charge in [0, 0.05) is 19.3 Å². The van der Waals surface area contributed by atoms with Crippen molar-refractivity contribution in [3.63, 3.8) is 0 Å². The van der Waals surface area contributed by atoms with Crippen molar-refractivity contribution in [3.8, 4) is 5.75 Å². The van der Waals surface area contributed by atoms with E-state index in [4.69, 9.17) is 4.74 Å². The van der Waals surface area contributed by atoms with Gasteiger partial charge in [0.15, 0.2) is 5.65 Å². The van der Waals surface area contributed by atoms with Gasteiger partial charge in [-0.05, 0) is 42.7 Å². The summed E-state index contributed by atoms with van der Waals surface area (Å²) in [6.07, 6.45) is 5.32. The van der Waals surface area contributed by atoms with Crippen molar-refractivity contribution in [2.24, 2.45) is 0 Å². The van der Waals surface area contributed by atoms with E-state index in [1.54, 1.807) is 19.4 Å². The Labute approximate surface area is 169 Å². The van der Waals surface area contributed by atoms with E-state index in [9.17, 15) is 13.2 Å². The Balaban J connectivity index is 1.73. The summed E-state index contributed by atoms with van der Waals surface area (Å²) in [5.41, 5.74) is 0.659. The summed E-state index contributed by atoms with van der Waals surface area (Å²) >= 11 is 0. The molecule has 3 heterocycles. The highest BCUT2D eigenvalue weighted by molar-refractivity contribution is 7.89. The molecule has 4 rings (SSSR count). The Bertz CT molecular complexity index is 1160. The molecule has 8 nitrogen and oxygen atoms in total. The number of methoxy groups -OCH3 is 1. The fraction of sp³-hybridized carbons (Fsp3) is 0.400. The topological polar surface area (TPSA) is 85.9 Å². The molecule has 0 aliphatic carbocycles. The first-order valence-electron chi connectivity index (χ1n) is 9.72. The quantitative estimate of drug-likeness (QED) is 0.636. The van der Waals surface area contributed by atoms with E-state index in [1.165, 1.54) is 19.5 Å². The molecule has 1 aliphatic heterocycles. The van der Waals surface area contributed by atoms with E-state index < -0.39 is 10.0 Å². The average Bonchev–Trinajstić information content (AvgIpc) is 2.92. The highest BCUT2D eigenvalue weighted by Crippen LogP contribution is 2.22. The van der Waals surface area contributed by atoms with Crippen LogP contribution in [-0.2, 0) is 16.6 Å². The molecule has 0 N–H and O–H groups in total. The Kier molecular flexibility index (Phi) is 5.42. The molecule has 154 valence electrons. The van der Waals surface area contributed by atoms with Crippen LogP contribution >= 0.6 is 0 Å². The van der Waals surface area contributed by atoms with Gasteiger partial charge in [0.2, 0.25) is 10.0 Å². The number of ether oxygens (including phenoxy) is 1. The van der Waals surface area contributed by atoms with E-state index in [2.05, 4.69) is 5.10 Å². The van der Waals surface area contributed by atoms with Crippen molar-refractivity contribution in [1.29, 1.82) is 0 Å². The maximum absolute atomic E-state index is 13.3. The van der Waals surface area contributed by atoms with Crippen molar-refractivity contribution in [2.45, 2.75) is 37.1 Å². The molecule has 0 amide bonds. The molecular formula is C20H24N4O4S. The van der Waals surface area contributed by atoms with Gasteiger partial charge in [-0.25, -0.2) is 22.3 Å². The second-order valence-electron chi connectivity index (χ2n) is 7.17. The zero-order valence-corrected chi connectivity index (χ0v) is 17.1. The van der Waals surface area contributed by atoms with Gasteiger partial charge in [0.1, 0.15) is 10.6 Å². The second kappa shape index (κ2) is 8.00. The Morgan fingerprint density at radius 1 is 1.03 bits per heavy atom. The summed E-state index contributed by atoms with van der Waals surface area (Å²) in [6, 6.07) is 10.4. The molecule has 0 atom stereocenters. The molecule has 0 unspecified atom stereocenters. The maximum Gasteiger partial charge on any atom is 0.350 e. The second-order valence-corrected chi connectivity index (χ2v) is 9.08. The first-order valence-corrected chi connectivity index (χ1v) is 11.2. The largest absolute Gasteiger partial charge is 0.497 e. The van der Waals surface area contributed by atoms with Crippen LogP contribution in [0.3, 0.4) is 0 Å². The standard InChI is InChI=1S/C20H24N4O4S/c1-28-17-10-8-16(9-11-17)15-24-20(25)23-14-6-7-18(19(23)21-24)29(26,27)22-12-4-2-3-5-13-22/h6-11,14H,2-5,12-13,15H2,1H3. The number of pyridine rings is 1. The normalized spacial score (nSPS) is 16.0. The number of benzene rings is 1. The number of fused-ring (bicyclic) bond motifs is 1. The molecule has 2 aromatic heterocycles. The first-order chi connectivity index (χ1) is 14.0. The van der Waals surface area contributed by atoms with E-state index >= 15 is 0 Å². The van der Waals surface area contributed by atoms with Gasteiger partial charge in [-0.1, -0.05) is 25.0 Å². The van der Waals surface area contributed by atoms with Crippen molar-refractivity contribution >= 4 is 15.7 Å². The number of sulfonamides is 1. The predicted molar refractivity (Wildman–Crippen MR) is 109 cm³/mol. The van der Waals surface area contributed by atoms with Crippen LogP contribution in [0.25, 0.3) is 5.65 Å². The van der Waals surface area contributed by atoms with E-state index in [0.29, 0.717) is 13.1 Å². The van der Waals surface area contributed by atoms with Gasteiger partial charge >= 0.3 is 5.69 Å². The first kappa shape index (κ1) is 19.7. The third kappa shape index (κ3) is 3.79. The highest BCUT2D eigenvalue weighted by Gasteiger charge is 2.28. The lowest BCUT2D eigenvalue weighted by molar-refractivity contribution is 0.414. The summed E-state index contributed by atoms with van der Waals surface area (Å²) in [4.78, 5) is 12.9. The van der Waals surface area contributed by atoms with Gasteiger partial charge in [0.25, 0.3) is 0 Å². The van der Waals surface area contributed by atoms with Crippen LogP contribution in [0.1, 0.15) is 31.2 Å². The monoisotopic (exact) mass is 416 g/mol. The van der Waals surface area contributed by atoms with Crippen LogP contribution in [0.15, 0.2) is 52.3 Å². The lowest BCUT2D eigenvalue weighted by Crippen LogP contribution is -2.32. The predicted octanol–water partition coefficient (Wildman–Crippen LogP) is 2.12. The number of hydrogen-bond acceptors (Lipinski definition) is 5. The van der Waals surface area contributed by atoms with Crippen LogP contribution < -0.4 is 10.4 Å². The van der Waals surface area contributed by atoms with Gasteiger partial charge in [-0.3, -0.25) is 0 Å². The molecule has 9 heteroatoms. The Morgan fingerprint density at radius 3 is 2.38 bits per heavy atom. The van der Waals surface area contributed by atoms with Crippen molar-refractivity contribution in [2.75, 3.05) is 20.2 Å². The van der Waals surface area contributed by atoms with Gasteiger partial charge < -0.3 is 4.74 Å². The van der Waals surface area contributed by atoms with Crippen LogP contribution in [0.2, 0.25) is 0 Å². The summed E-state index contributed by atoms with van der Waals surface area (Å²) in [5, 5.41) is 4.36. The van der Waals surface area contributed by atoms with Crippen molar-refractivity contribution in [1.82, 2.24) is 18.5 Å². The molecule has 1 aromatic carbocycles. The molecule has 0 saturated carbocycles. The third-order valence-corrected chi connectivity index (χ3v) is 7.17. The SMILES string of the molecule is COc1ccc(Cn2nc3c(S(=O)(=O)N4CCCCCC4)cccn3c2=O)cc1. The summed E-state index contributed by atoms with van der Waals surface area (Å²) in [5.74, 6) is 0.724. The minimum absolute atomic E-state index is 0.0764. The fourth-order valence-corrected chi connectivity index (χ4v) is 5.28. The summed E-state index contributed by atoms with van der Waals surface area (Å²) in [6.45, 7) is 1.24. The lowest BCUT2D eigenvalue weighted by atomic mass is 10.2. The Morgan fingerprint density at radius 2 is 1.72 bits per heavy atom. The molecule has 0 radical (unpaired) electrons. The number of aromatic nitrogens is 3. The number of hydrogen-bond donors (Lipinski definition) is 0. The zero-order valence-electron chi connectivity index (χ0n) is 16.3. The van der Waals surface area contributed by atoms with Crippen molar-refractivity contribution in [3.05, 3.63) is 58.6 Å². The van der Waals surface area contributed by atoms with Crippen LogP contribution in [-0.4, -0.2) is 47.1 Å². The molecule has 29 heavy (non-hydrogen) atoms. The summed E-state index contributed by atoms with van der Waals surface area (Å²) < 4.78 is 35.8. The molecule has 0 bridgehead atoms. The van der Waals surface area contributed by atoms with E-state index in [0.717, 1.165) is 37.0 Å². The zero-order chi connectivity index (χ0) is 20.4. The van der Waals surface area contributed by atoms with Gasteiger partial charge in [0.05, 0.1) is 13.7 Å². The van der Waals surface area contributed by atoms with Crippen LogP contribution in [0.5, 0.6) is 5.75 Å². The van der Waals surface area contributed by atoms with Gasteiger partial charge in [-0.15, -0.1) is 5.10 Å². The smallest absolute Gasteiger partial charge is 0.350 e.